The third kappa shape index (κ3) is 19.4. The van der Waals surface area contributed by atoms with E-state index < -0.39 is 76.9 Å². The van der Waals surface area contributed by atoms with Gasteiger partial charge in [-0.25, -0.2) is 16.8 Å². The Labute approximate surface area is 498 Å². The molecule has 10 nitrogen and oxygen atoms in total. The first kappa shape index (κ1) is 77.8. The van der Waals surface area contributed by atoms with Gasteiger partial charge >= 0.3 is 187 Å². The molecule has 33 heteroatoms. The summed E-state index contributed by atoms with van der Waals surface area (Å²) in [7, 11) is -18.4. The van der Waals surface area contributed by atoms with E-state index in [0.717, 1.165) is 24.3 Å². The van der Waals surface area contributed by atoms with E-state index in [-0.39, 0.29) is 36.9 Å². The number of ether oxygens (including phenoxy) is 1. The SMILES string of the molecule is CC(C)(C)c1ccc([I-]c2ccc(C(C)(C)C)cc2)cc1.CCCCOc1ccc([S+]2CCCC2)c2ccccc12.Cc1ccc(S(=O)(=O)O)cc1.O=S(=O)([O-])C(F)(F)C(F)(F)C(F)(F)C(F)(F)F.O=S(=O)([O-])C(F)(F)C(F)(F)C(F)(F)C(F)(F)F. The third-order valence-corrected chi connectivity index (χ3v) is 19.6. The van der Waals surface area contributed by atoms with Crippen molar-refractivity contribution in [3.8, 4) is 5.75 Å². The number of rotatable bonds is 14. The van der Waals surface area contributed by atoms with Crippen LogP contribution in [-0.2, 0) is 52.1 Å². The van der Waals surface area contributed by atoms with Crippen molar-refractivity contribution in [1.29, 1.82) is 0 Å². The van der Waals surface area contributed by atoms with Crippen molar-refractivity contribution in [1.82, 2.24) is 0 Å². The molecule has 0 aromatic heterocycles. The standard InChI is InChI=1S/C20H26I.C18H23OS.C7H8O3S.2C4HF9O3S/c1-19(2,3)15-7-11-17(12-8-15)21-18-13-9-16(10-14-18)20(4,5)6;1-2-3-12-19-17-10-11-18(20-13-6-7-14-20)16-9-5-4-8-15(16)17;1-6-2-4-7(5-3-6)11(8,9)10;2*5-1(6,3(9,10)11)2(7,8)4(12,13)17(14,15)16/h7-14H,1-6H3;4-5,8-11H,2-3,6-7,12-14H2,1H3;2-5H,1H3,(H,8,9,10);2*(H,14,15,16)/q-1;+1;;;/p-2. The molecule has 0 radical (unpaired) electrons. The van der Waals surface area contributed by atoms with Gasteiger partial charge in [-0.15, -0.1) is 0 Å². The van der Waals surface area contributed by atoms with E-state index in [9.17, 15) is 113 Å². The van der Waals surface area contributed by atoms with E-state index in [2.05, 4.69) is 133 Å². The summed E-state index contributed by atoms with van der Waals surface area (Å²) < 4.78 is 309. The summed E-state index contributed by atoms with van der Waals surface area (Å²) in [6.45, 7) is 18.5. The number of aryl methyl sites for hydroxylation is 1. The first-order valence-corrected chi connectivity index (χ1v) is 32.6. The molecule has 0 atom stereocenters. The number of halogens is 19. The van der Waals surface area contributed by atoms with Gasteiger partial charge in [-0.05, 0) is 56.5 Å². The molecule has 1 aliphatic rings. The van der Waals surface area contributed by atoms with E-state index in [4.69, 9.17) is 9.29 Å². The largest absolute Gasteiger partial charge is 0.743 e. The third-order valence-electron chi connectivity index (χ3n) is 11.8. The summed E-state index contributed by atoms with van der Waals surface area (Å²) in [6, 6.07) is 37.7. The maximum absolute atomic E-state index is 12.2. The van der Waals surface area contributed by atoms with Crippen LogP contribution in [-0.4, -0.2) is 104 Å². The van der Waals surface area contributed by atoms with Gasteiger partial charge in [-0.3, -0.25) is 4.55 Å². The molecule has 0 bridgehead atoms. The van der Waals surface area contributed by atoms with Gasteiger partial charge in [0.1, 0.15) is 17.3 Å². The fraction of sp³-hybridized carbons (Fsp3) is 0.472. The molecule has 5 aromatic rings. The second kappa shape index (κ2) is 28.7. The summed E-state index contributed by atoms with van der Waals surface area (Å²) in [5.74, 6) is -25.8. The first-order chi connectivity index (χ1) is 38.6. The predicted molar refractivity (Wildman–Crippen MR) is 279 cm³/mol. The predicted octanol–water partition coefficient (Wildman–Crippen LogP) is 12.4. The fourth-order valence-electron chi connectivity index (χ4n) is 6.72. The van der Waals surface area contributed by atoms with Gasteiger partial charge in [0.05, 0.1) is 11.5 Å². The van der Waals surface area contributed by atoms with Crippen LogP contribution in [0.4, 0.5) is 79.0 Å². The zero-order valence-corrected chi connectivity index (χ0v) is 51.7. The summed E-state index contributed by atoms with van der Waals surface area (Å²) in [4.78, 5) is 1.49. The van der Waals surface area contributed by atoms with Crippen molar-refractivity contribution < 1.29 is 144 Å². The van der Waals surface area contributed by atoms with Crippen molar-refractivity contribution in [3.05, 3.63) is 133 Å². The first-order valence-electron chi connectivity index (χ1n) is 24.6. The molecule has 86 heavy (non-hydrogen) atoms. The summed E-state index contributed by atoms with van der Waals surface area (Å²) in [6.07, 6.45) is -9.23. The number of unbranched alkanes of at least 4 members (excludes halogenated alkanes) is 1. The molecule has 5 aromatic carbocycles. The van der Waals surface area contributed by atoms with Gasteiger partial charge in [0, 0.05) is 21.7 Å². The second-order valence-corrected chi connectivity index (χ2v) is 30.1. The quantitative estimate of drug-likeness (QED) is 0.0370. The maximum atomic E-state index is 12.2. The Kier molecular flexibility index (Phi) is 26.0. The van der Waals surface area contributed by atoms with Crippen LogP contribution in [0.2, 0.25) is 0 Å². The Bertz CT molecular complexity index is 3210. The van der Waals surface area contributed by atoms with Gasteiger partial charge in [0.15, 0.2) is 25.1 Å². The van der Waals surface area contributed by atoms with Crippen molar-refractivity contribution in [2.45, 2.75) is 148 Å². The van der Waals surface area contributed by atoms with Crippen LogP contribution in [0.25, 0.3) is 10.8 Å². The molecule has 1 saturated heterocycles. The minimum atomic E-state index is -7.43. The van der Waals surface area contributed by atoms with E-state index in [1.807, 2.05) is 6.92 Å². The van der Waals surface area contributed by atoms with Gasteiger partial charge < -0.3 is 13.8 Å². The molecule has 488 valence electrons. The van der Waals surface area contributed by atoms with Gasteiger partial charge in [0.25, 0.3) is 10.1 Å². The zero-order chi connectivity index (χ0) is 66.9. The zero-order valence-electron chi connectivity index (χ0n) is 46.3. The van der Waals surface area contributed by atoms with Crippen LogP contribution in [0.15, 0.2) is 119 Å². The van der Waals surface area contributed by atoms with E-state index >= 15 is 0 Å². The average Bonchev–Trinajstić information content (AvgIpc) is 0.847. The molecule has 0 saturated carbocycles. The molecule has 0 spiro atoms. The van der Waals surface area contributed by atoms with Crippen LogP contribution in [0, 0.1) is 14.1 Å². The second-order valence-electron chi connectivity index (χ2n) is 20.5. The maximum Gasteiger partial charge on any atom is 0.460 e. The van der Waals surface area contributed by atoms with E-state index in [1.54, 1.807) is 17.0 Å². The molecule has 0 aliphatic carbocycles. The molecular weight excluding hydrogens is 1390 g/mol. The molecule has 6 rings (SSSR count). The number of alkyl halides is 18. The average molecular weight is 1450 g/mol. The number of hydrogen-bond donors (Lipinski definition) is 1. The van der Waals surface area contributed by atoms with Crippen LogP contribution < -0.4 is 25.9 Å². The summed E-state index contributed by atoms with van der Waals surface area (Å²) >= 11 is -0.0703. The molecule has 1 aliphatic heterocycles. The van der Waals surface area contributed by atoms with Gasteiger partial charge in [-0.1, -0.05) is 49.2 Å². The monoisotopic (exact) mass is 1450 g/mol. The molecule has 1 heterocycles. The Morgan fingerprint density at radius 1 is 0.512 bits per heavy atom. The molecule has 1 N–H and O–H groups in total. The Morgan fingerprint density at radius 3 is 1.19 bits per heavy atom. The van der Waals surface area contributed by atoms with E-state index in [0.29, 0.717) is 10.9 Å². The van der Waals surface area contributed by atoms with Crippen molar-refractivity contribution in [2.75, 3.05) is 18.1 Å². The Hall–Kier alpha value is -4.29. The Morgan fingerprint density at radius 2 is 0.872 bits per heavy atom. The molecule has 0 unspecified atom stereocenters. The fourth-order valence-corrected chi connectivity index (χ4v) is 12.7. The van der Waals surface area contributed by atoms with Gasteiger partial charge in [-0.2, -0.15) is 87.4 Å². The minimum Gasteiger partial charge on any atom is -0.743 e. The van der Waals surface area contributed by atoms with Crippen LogP contribution in [0.5, 0.6) is 5.75 Å². The molecular formula is C53H57F18IO10S4-2. The molecule has 1 fully saturated rings. The minimum absolute atomic E-state index is 0.0666. The van der Waals surface area contributed by atoms with Crippen molar-refractivity contribution in [3.63, 3.8) is 0 Å². The number of hydrogen-bond acceptors (Lipinski definition) is 9. The van der Waals surface area contributed by atoms with Gasteiger partial charge in [0.2, 0.25) is 0 Å². The smallest absolute Gasteiger partial charge is 0.460 e. The van der Waals surface area contributed by atoms with Crippen LogP contribution in [0.3, 0.4) is 0 Å². The topological polar surface area (TPSA) is 178 Å². The number of fused-ring (bicyclic) bond motifs is 1. The summed E-state index contributed by atoms with van der Waals surface area (Å²) in [5.41, 5.74) is 4.27. The van der Waals surface area contributed by atoms with E-state index in [1.165, 1.54) is 71.9 Å². The normalized spacial score (nSPS) is 14.6. The number of benzene rings is 5. The Balaban J connectivity index is 0.000000372. The van der Waals surface area contributed by atoms with Crippen molar-refractivity contribution in [2.24, 2.45) is 0 Å². The van der Waals surface area contributed by atoms with Crippen molar-refractivity contribution >= 4 is 52.0 Å². The van der Waals surface area contributed by atoms with Crippen LogP contribution >= 0.6 is 0 Å². The molecule has 0 amide bonds. The summed E-state index contributed by atoms with van der Waals surface area (Å²) in [5, 5.41) is -11.5. The van der Waals surface area contributed by atoms with Crippen LogP contribution in [0.1, 0.15) is 90.8 Å².